The molecule has 2 rings (SSSR count). The zero-order chi connectivity index (χ0) is 12.4. The van der Waals surface area contributed by atoms with E-state index in [-0.39, 0.29) is 0 Å². The largest absolute Gasteiger partial charge is 0.367 e. The molecule has 0 aromatic carbocycles. The van der Waals surface area contributed by atoms with Gasteiger partial charge in [-0.15, -0.1) is 0 Å². The van der Waals surface area contributed by atoms with E-state index in [0.717, 1.165) is 18.0 Å². The third-order valence-electron chi connectivity index (χ3n) is 3.86. The molecule has 17 heavy (non-hydrogen) atoms. The molecule has 0 amide bonds. The number of anilines is 1. The first-order chi connectivity index (χ1) is 8.08. The lowest BCUT2D eigenvalue weighted by atomic mass is 9.80. The molecule has 1 saturated carbocycles. The summed E-state index contributed by atoms with van der Waals surface area (Å²) >= 11 is 0. The molecule has 1 aliphatic rings. The maximum absolute atomic E-state index is 5.89. The first-order valence-electron chi connectivity index (χ1n) is 6.81. The van der Waals surface area contributed by atoms with Gasteiger partial charge in [0.15, 0.2) is 0 Å². The Balaban J connectivity index is 2.14. The monoisotopic (exact) mass is 236 g/mol. The van der Waals surface area contributed by atoms with Crippen LogP contribution < -0.4 is 5.73 Å². The standard InChI is InChI=1S/C14H24N2O/c1-9(2)8-12-13(16-17-14(12)15)11-6-4-10(3)5-7-11/h9-11H,4-8,15H2,1-3H3. The number of nitrogens with zero attached hydrogens (tertiary/aromatic N) is 1. The molecule has 3 nitrogen and oxygen atoms in total. The second-order valence-electron chi connectivity index (χ2n) is 5.97. The Morgan fingerprint density at radius 3 is 2.53 bits per heavy atom. The molecule has 0 saturated heterocycles. The molecule has 1 heterocycles. The second-order valence-corrected chi connectivity index (χ2v) is 5.97. The average molecular weight is 236 g/mol. The fraction of sp³-hybridized carbons (Fsp3) is 0.786. The lowest BCUT2D eigenvalue weighted by Gasteiger charge is -2.25. The smallest absolute Gasteiger partial charge is 0.225 e. The van der Waals surface area contributed by atoms with Crippen LogP contribution in [0.5, 0.6) is 0 Å². The second kappa shape index (κ2) is 5.11. The summed E-state index contributed by atoms with van der Waals surface area (Å²) in [6.45, 7) is 6.75. The fourth-order valence-corrected chi connectivity index (χ4v) is 2.80. The summed E-state index contributed by atoms with van der Waals surface area (Å²) in [6.07, 6.45) is 6.06. The number of nitrogen functional groups attached to an aromatic ring is 1. The highest BCUT2D eigenvalue weighted by atomic mass is 16.5. The predicted octanol–water partition coefficient (Wildman–Crippen LogP) is 3.75. The number of hydrogen-bond acceptors (Lipinski definition) is 3. The molecule has 1 fully saturated rings. The van der Waals surface area contributed by atoms with Gasteiger partial charge in [0.2, 0.25) is 5.88 Å². The Morgan fingerprint density at radius 1 is 1.29 bits per heavy atom. The van der Waals surface area contributed by atoms with Crippen LogP contribution in [0.2, 0.25) is 0 Å². The molecular formula is C14H24N2O. The molecule has 1 aromatic rings. The minimum absolute atomic E-state index is 0.535. The van der Waals surface area contributed by atoms with Crippen LogP contribution >= 0.6 is 0 Å². The summed E-state index contributed by atoms with van der Waals surface area (Å²) < 4.78 is 5.20. The van der Waals surface area contributed by atoms with Crippen LogP contribution in [-0.2, 0) is 6.42 Å². The van der Waals surface area contributed by atoms with E-state index in [1.165, 1.54) is 31.2 Å². The first kappa shape index (κ1) is 12.5. The topological polar surface area (TPSA) is 52.0 Å². The maximum atomic E-state index is 5.89. The molecule has 2 N–H and O–H groups in total. The molecule has 3 heteroatoms. The van der Waals surface area contributed by atoms with E-state index in [9.17, 15) is 0 Å². The molecule has 0 unspecified atom stereocenters. The van der Waals surface area contributed by atoms with Crippen LogP contribution in [0.25, 0.3) is 0 Å². The summed E-state index contributed by atoms with van der Waals surface area (Å²) in [5.74, 6) is 2.57. The van der Waals surface area contributed by atoms with Crippen LogP contribution in [0.1, 0.15) is 63.6 Å². The third-order valence-corrected chi connectivity index (χ3v) is 3.86. The highest BCUT2D eigenvalue weighted by Gasteiger charge is 2.26. The van der Waals surface area contributed by atoms with Crippen molar-refractivity contribution >= 4 is 5.88 Å². The van der Waals surface area contributed by atoms with Gasteiger partial charge in [-0.2, -0.15) is 0 Å². The van der Waals surface area contributed by atoms with Crippen molar-refractivity contribution in [2.45, 2.75) is 58.8 Å². The van der Waals surface area contributed by atoms with Crippen LogP contribution in [-0.4, -0.2) is 5.16 Å². The van der Waals surface area contributed by atoms with E-state index in [2.05, 4.69) is 25.9 Å². The predicted molar refractivity (Wildman–Crippen MR) is 69.8 cm³/mol. The van der Waals surface area contributed by atoms with E-state index in [0.29, 0.717) is 17.7 Å². The van der Waals surface area contributed by atoms with Crippen LogP contribution in [0.4, 0.5) is 5.88 Å². The van der Waals surface area contributed by atoms with Gasteiger partial charge in [-0.05, 0) is 31.1 Å². The molecule has 0 spiro atoms. The summed E-state index contributed by atoms with van der Waals surface area (Å²) in [5.41, 5.74) is 8.20. The van der Waals surface area contributed by atoms with Gasteiger partial charge in [0.1, 0.15) is 0 Å². The van der Waals surface area contributed by atoms with Crippen molar-refractivity contribution in [2.75, 3.05) is 5.73 Å². The van der Waals surface area contributed by atoms with Crippen molar-refractivity contribution in [3.8, 4) is 0 Å². The summed E-state index contributed by atoms with van der Waals surface area (Å²) in [7, 11) is 0. The van der Waals surface area contributed by atoms with Crippen molar-refractivity contribution in [1.82, 2.24) is 5.16 Å². The Labute approximate surface area is 104 Å². The molecule has 0 radical (unpaired) electrons. The first-order valence-corrected chi connectivity index (χ1v) is 6.81. The molecule has 0 aliphatic heterocycles. The molecule has 1 aliphatic carbocycles. The minimum Gasteiger partial charge on any atom is -0.367 e. The normalized spacial score (nSPS) is 25.4. The quantitative estimate of drug-likeness (QED) is 0.869. The van der Waals surface area contributed by atoms with Gasteiger partial charge in [0.25, 0.3) is 0 Å². The SMILES string of the molecule is CC(C)Cc1c(C2CCC(C)CC2)noc1N. The van der Waals surface area contributed by atoms with Crippen molar-refractivity contribution in [1.29, 1.82) is 0 Å². The van der Waals surface area contributed by atoms with Gasteiger partial charge in [-0.25, -0.2) is 0 Å². The molecule has 0 atom stereocenters. The van der Waals surface area contributed by atoms with Crippen molar-refractivity contribution in [2.24, 2.45) is 11.8 Å². The van der Waals surface area contributed by atoms with Gasteiger partial charge in [-0.1, -0.05) is 38.8 Å². The van der Waals surface area contributed by atoms with Crippen LogP contribution in [0.15, 0.2) is 4.52 Å². The summed E-state index contributed by atoms with van der Waals surface area (Å²) in [4.78, 5) is 0. The van der Waals surface area contributed by atoms with Gasteiger partial charge in [0, 0.05) is 11.5 Å². The fourth-order valence-electron chi connectivity index (χ4n) is 2.80. The average Bonchev–Trinajstić information content (AvgIpc) is 2.61. The van der Waals surface area contributed by atoms with E-state index in [1.807, 2.05) is 0 Å². The molecular weight excluding hydrogens is 212 g/mol. The zero-order valence-electron chi connectivity index (χ0n) is 11.2. The Morgan fingerprint density at radius 2 is 1.94 bits per heavy atom. The summed E-state index contributed by atoms with van der Waals surface area (Å²) in [5, 5.41) is 4.22. The Kier molecular flexibility index (Phi) is 3.75. The van der Waals surface area contributed by atoms with Crippen molar-refractivity contribution < 1.29 is 4.52 Å². The lowest BCUT2D eigenvalue weighted by molar-refractivity contribution is 0.330. The number of aromatic nitrogens is 1. The van der Waals surface area contributed by atoms with Crippen LogP contribution in [0, 0.1) is 11.8 Å². The number of hydrogen-bond donors (Lipinski definition) is 1. The van der Waals surface area contributed by atoms with E-state index in [1.54, 1.807) is 0 Å². The minimum atomic E-state index is 0.535. The Bertz CT molecular complexity index is 362. The lowest BCUT2D eigenvalue weighted by Crippen LogP contribution is -2.13. The van der Waals surface area contributed by atoms with Gasteiger partial charge < -0.3 is 10.3 Å². The Hall–Kier alpha value is -0.990. The number of rotatable bonds is 3. The van der Waals surface area contributed by atoms with Gasteiger partial charge in [-0.3, -0.25) is 0 Å². The summed E-state index contributed by atoms with van der Waals surface area (Å²) in [6, 6.07) is 0. The highest BCUT2D eigenvalue weighted by Crippen LogP contribution is 2.38. The number of nitrogens with two attached hydrogens (primary N) is 1. The van der Waals surface area contributed by atoms with Crippen LogP contribution in [0.3, 0.4) is 0 Å². The van der Waals surface area contributed by atoms with E-state index >= 15 is 0 Å². The van der Waals surface area contributed by atoms with Crippen molar-refractivity contribution in [3.63, 3.8) is 0 Å². The van der Waals surface area contributed by atoms with Crippen molar-refractivity contribution in [3.05, 3.63) is 11.3 Å². The molecule has 96 valence electrons. The highest BCUT2D eigenvalue weighted by molar-refractivity contribution is 5.40. The van der Waals surface area contributed by atoms with E-state index in [4.69, 9.17) is 10.3 Å². The molecule has 1 aromatic heterocycles. The van der Waals surface area contributed by atoms with Gasteiger partial charge >= 0.3 is 0 Å². The molecule has 0 bridgehead atoms. The third kappa shape index (κ3) is 2.82. The maximum Gasteiger partial charge on any atom is 0.225 e. The van der Waals surface area contributed by atoms with Gasteiger partial charge in [0.05, 0.1) is 5.69 Å². The van der Waals surface area contributed by atoms with E-state index < -0.39 is 0 Å². The zero-order valence-corrected chi connectivity index (χ0v) is 11.2.